The lowest BCUT2D eigenvalue weighted by atomic mass is 10.1. The van der Waals surface area contributed by atoms with Gasteiger partial charge in [0.1, 0.15) is 0 Å². The zero-order chi connectivity index (χ0) is 18.1. The Kier molecular flexibility index (Phi) is 7.14. The summed E-state index contributed by atoms with van der Waals surface area (Å²) in [5, 5.41) is 6.09. The van der Waals surface area contributed by atoms with Crippen LogP contribution in [0.4, 0.5) is 5.69 Å². The molecule has 2 N–H and O–H groups in total. The number of hydrogen-bond acceptors (Lipinski definition) is 4. The molecular weight excluding hydrogens is 316 g/mol. The number of carbonyl (C=O) groups excluding carboxylic acids is 1. The highest BCUT2D eigenvalue weighted by Crippen LogP contribution is 2.30. The average molecular weight is 342 g/mol. The Labute approximate surface area is 149 Å². The molecule has 0 fully saturated rings. The van der Waals surface area contributed by atoms with E-state index >= 15 is 0 Å². The topological polar surface area (TPSA) is 59.6 Å². The van der Waals surface area contributed by atoms with E-state index in [1.54, 1.807) is 0 Å². The number of nitrogens with one attached hydrogen (secondary N) is 2. The molecule has 0 aliphatic carbocycles. The molecule has 0 bridgehead atoms. The predicted molar refractivity (Wildman–Crippen MR) is 100 cm³/mol. The molecule has 1 unspecified atom stereocenters. The van der Waals surface area contributed by atoms with Crippen molar-refractivity contribution < 1.29 is 14.3 Å². The summed E-state index contributed by atoms with van der Waals surface area (Å²) in [7, 11) is 0. The first-order valence-electron chi connectivity index (χ1n) is 8.61. The first-order chi connectivity index (χ1) is 12.1. The molecule has 0 aromatic heterocycles. The molecule has 5 nitrogen and oxygen atoms in total. The quantitative estimate of drug-likeness (QED) is 0.728. The minimum atomic E-state index is -0.125. The fourth-order valence-electron chi connectivity index (χ4n) is 2.45. The zero-order valence-electron chi connectivity index (χ0n) is 15.0. The van der Waals surface area contributed by atoms with E-state index in [0.717, 1.165) is 17.0 Å². The van der Waals surface area contributed by atoms with Gasteiger partial charge in [-0.25, -0.2) is 0 Å². The van der Waals surface area contributed by atoms with Crippen molar-refractivity contribution in [3.63, 3.8) is 0 Å². The molecule has 1 atom stereocenters. The Morgan fingerprint density at radius 2 is 1.68 bits per heavy atom. The summed E-state index contributed by atoms with van der Waals surface area (Å²) < 4.78 is 11.2. The third-order valence-corrected chi connectivity index (χ3v) is 3.67. The average Bonchev–Trinajstić information content (AvgIpc) is 2.62. The van der Waals surface area contributed by atoms with Crippen LogP contribution in [0.3, 0.4) is 0 Å². The molecule has 2 aromatic rings. The van der Waals surface area contributed by atoms with Gasteiger partial charge in [0.25, 0.3) is 0 Å². The molecule has 0 heterocycles. The normalized spacial score (nSPS) is 11.5. The molecule has 134 valence electrons. The van der Waals surface area contributed by atoms with Crippen LogP contribution in [0.15, 0.2) is 48.5 Å². The Morgan fingerprint density at radius 1 is 1.00 bits per heavy atom. The lowest BCUT2D eigenvalue weighted by Gasteiger charge is -2.18. The van der Waals surface area contributed by atoms with E-state index in [4.69, 9.17) is 9.47 Å². The van der Waals surface area contributed by atoms with E-state index in [1.807, 2.05) is 69.3 Å². The number of para-hydroxylation sites is 1. The summed E-state index contributed by atoms with van der Waals surface area (Å²) in [5.74, 6) is 1.35. The number of benzene rings is 2. The standard InChI is InChI=1S/C20H26N2O3/c1-4-24-18-12-11-16(13-19(18)25-5-2)15(3)22-20(23)14-21-17-9-7-6-8-10-17/h6-13,15,21H,4-5,14H2,1-3H3,(H,22,23). The maximum absolute atomic E-state index is 12.2. The van der Waals surface area contributed by atoms with Gasteiger partial charge in [0.2, 0.25) is 5.91 Å². The van der Waals surface area contributed by atoms with Crippen LogP contribution in [-0.4, -0.2) is 25.7 Å². The van der Waals surface area contributed by atoms with Crippen molar-refractivity contribution in [2.45, 2.75) is 26.8 Å². The highest BCUT2D eigenvalue weighted by molar-refractivity contribution is 5.81. The predicted octanol–water partition coefficient (Wildman–Crippen LogP) is 3.77. The van der Waals surface area contributed by atoms with Crippen LogP contribution in [-0.2, 0) is 4.79 Å². The molecule has 0 saturated carbocycles. The maximum Gasteiger partial charge on any atom is 0.239 e. The molecule has 5 heteroatoms. The third-order valence-electron chi connectivity index (χ3n) is 3.67. The highest BCUT2D eigenvalue weighted by atomic mass is 16.5. The largest absolute Gasteiger partial charge is 0.490 e. The van der Waals surface area contributed by atoms with Crippen molar-refractivity contribution in [2.24, 2.45) is 0 Å². The van der Waals surface area contributed by atoms with Crippen molar-refractivity contribution >= 4 is 11.6 Å². The van der Waals surface area contributed by atoms with Crippen LogP contribution in [0, 0.1) is 0 Å². The number of carbonyl (C=O) groups is 1. The molecular formula is C20H26N2O3. The second kappa shape index (κ2) is 9.57. The first kappa shape index (κ1) is 18.6. The molecule has 0 spiro atoms. The molecule has 2 rings (SSSR count). The number of ether oxygens (including phenoxy) is 2. The smallest absolute Gasteiger partial charge is 0.239 e. The second-order valence-corrected chi connectivity index (χ2v) is 5.58. The van der Waals surface area contributed by atoms with Crippen LogP contribution in [0.5, 0.6) is 11.5 Å². The van der Waals surface area contributed by atoms with Crippen LogP contribution < -0.4 is 20.1 Å². The van der Waals surface area contributed by atoms with Gasteiger partial charge >= 0.3 is 0 Å². The van der Waals surface area contributed by atoms with E-state index < -0.39 is 0 Å². The van der Waals surface area contributed by atoms with Crippen molar-refractivity contribution in [3.8, 4) is 11.5 Å². The molecule has 0 aliphatic heterocycles. The first-order valence-corrected chi connectivity index (χ1v) is 8.61. The maximum atomic E-state index is 12.2. The van der Waals surface area contributed by atoms with E-state index in [9.17, 15) is 4.79 Å². The number of amides is 1. The summed E-state index contributed by atoms with van der Waals surface area (Å²) >= 11 is 0. The molecule has 25 heavy (non-hydrogen) atoms. The molecule has 0 aliphatic rings. The zero-order valence-corrected chi connectivity index (χ0v) is 15.0. The van der Waals surface area contributed by atoms with Gasteiger partial charge in [0.15, 0.2) is 11.5 Å². The molecule has 2 aromatic carbocycles. The lowest BCUT2D eigenvalue weighted by molar-refractivity contribution is -0.120. The second-order valence-electron chi connectivity index (χ2n) is 5.58. The molecule has 0 saturated heterocycles. The number of hydrogen-bond donors (Lipinski definition) is 2. The van der Waals surface area contributed by atoms with Gasteiger partial charge in [-0.1, -0.05) is 24.3 Å². The Morgan fingerprint density at radius 3 is 2.36 bits per heavy atom. The number of anilines is 1. The van der Waals surface area contributed by atoms with Gasteiger partial charge in [-0.3, -0.25) is 4.79 Å². The van der Waals surface area contributed by atoms with Gasteiger partial charge < -0.3 is 20.1 Å². The van der Waals surface area contributed by atoms with E-state index in [2.05, 4.69) is 10.6 Å². The van der Waals surface area contributed by atoms with E-state index in [-0.39, 0.29) is 18.5 Å². The van der Waals surface area contributed by atoms with Crippen molar-refractivity contribution in [1.29, 1.82) is 0 Å². The van der Waals surface area contributed by atoms with Gasteiger partial charge in [-0.05, 0) is 50.6 Å². The summed E-state index contributed by atoms with van der Waals surface area (Å²) in [6, 6.07) is 15.3. The van der Waals surface area contributed by atoms with E-state index in [1.165, 1.54) is 0 Å². The van der Waals surface area contributed by atoms with Crippen LogP contribution in [0.25, 0.3) is 0 Å². The fraction of sp³-hybridized carbons (Fsp3) is 0.350. The number of rotatable bonds is 9. The SMILES string of the molecule is CCOc1ccc(C(C)NC(=O)CNc2ccccc2)cc1OCC. The Balaban J connectivity index is 1.95. The summed E-state index contributed by atoms with van der Waals surface area (Å²) in [4.78, 5) is 12.2. The summed E-state index contributed by atoms with van der Waals surface area (Å²) in [5.41, 5.74) is 1.89. The van der Waals surface area contributed by atoms with Crippen molar-refractivity contribution in [3.05, 3.63) is 54.1 Å². The molecule has 1 amide bonds. The molecule has 0 radical (unpaired) electrons. The lowest BCUT2D eigenvalue weighted by Crippen LogP contribution is -2.32. The van der Waals surface area contributed by atoms with Crippen molar-refractivity contribution in [1.82, 2.24) is 5.32 Å². The highest BCUT2D eigenvalue weighted by Gasteiger charge is 2.13. The van der Waals surface area contributed by atoms with Gasteiger partial charge in [0, 0.05) is 5.69 Å². The van der Waals surface area contributed by atoms with Gasteiger partial charge in [0.05, 0.1) is 25.8 Å². The Bertz CT molecular complexity index is 674. The van der Waals surface area contributed by atoms with Crippen LogP contribution in [0.2, 0.25) is 0 Å². The summed E-state index contributed by atoms with van der Waals surface area (Å²) in [6.45, 7) is 7.19. The Hall–Kier alpha value is -2.69. The van der Waals surface area contributed by atoms with Gasteiger partial charge in [-0.15, -0.1) is 0 Å². The summed E-state index contributed by atoms with van der Waals surface area (Å²) in [6.07, 6.45) is 0. The van der Waals surface area contributed by atoms with Crippen LogP contribution >= 0.6 is 0 Å². The van der Waals surface area contributed by atoms with E-state index in [0.29, 0.717) is 19.0 Å². The van der Waals surface area contributed by atoms with Crippen LogP contribution in [0.1, 0.15) is 32.4 Å². The van der Waals surface area contributed by atoms with Crippen molar-refractivity contribution in [2.75, 3.05) is 25.1 Å². The minimum absolute atomic E-state index is 0.0665. The third kappa shape index (κ3) is 5.71. The van der Waals surface area contributed by atoms with Gasteiger partial charge in [-0.2, -0.15) is 0 Å². The fourth-order valence-corrected chi connectivity index (χ4v) is 2.45. The minimum Gasteiger partial charge on any atom is -0.490 e. The monoisotopic (exact) mass is 342 g/mol.